The average Bonchev–Trinajstić information content (AvgIpc) is 3.12. The van der Waals surface area contributed by atoms with Gasteiger partial charge in [-0.05, 0) is 48.5 Å². The number of halogens is 2. The van der Waals surface area contributed by atoms with Crippen LogP contribution >= 0.6 is 11.6 Å². The molecule has 0 spiro atoms. The summed E-state index contributed by atoms with van der Waals surface area (Å²) in [5, 5.41) is 27.4. The van der Waals surface area contributed by atoms with E-state index in [1.807, 2.05) is 12.1 Å². The van der Waals surface area contributed by atoms with Gasteiger partial charge < -0.3 is 15.5 Å². The fourth-order valence-electron chi connectivity index (χ4n) is 2.89. The number of hydrogen-bond acceptors (Lipinski definition) is 5. The molecule has 0 unspecified atom stereocenters. The maximum Gasteiger partial charge on any atom is 0.182 e. The number of aromatic nitrogens is 3. The molecule has 0 aliphatic carbocycles. The highest BCUT2D eigenvalue weighted by Crippen LogP contribution is 2.31. The molecule has 8 heteroatoms. The first-order chi connectivity index (χ1) is 14.0. The minimum atomic E-state index is -1.69. The molecule has 0 radical (unpaired) electrons. The fourth-order valence-corrected chi connectivity index (χ4v) is 3.11. The highest BCUT2D eigenvalue weighted by atomic mass is 35.5. The molecule has 0 atom stereocenters. The van der Waals surface area contributed by atoms with Crippen molar-refractivity contribution in [2.24, 2.45) is 0 Å². The second-order valence-corrected chi connectivity index (χ2v) is 6.63. The molecule has 29 heavy (non-hydrogen) atoms. The van der Waals surface area contributed by atoms with Crippen molar-refractivity contribution in [3.05, 3.63) is 89.3 Å². The van der Waals surface area contributed by atoms with E-state index in [0.717, 1.165) is 0 Å². The molecule has 0 amide bonds. The smallest absolute Gasteiger partial charge is 0.182 e. The van der Waals surface area contributed by atoms with Gasteiger partial charge in [0.2, 0.25) is 0 Å². The zero-order chi connectivity index (χ0) is 20.4. The quantitative estimate of drug-likeness (QED) is 0.423. The molecule has 0 saturated heterocycles. The third-order valence-electron chi connectivity index (χ3n) is 4.29. The lowest BCUT2D eigenvalue weighted by Gasteiger charge is -2.14. The number of benzene rings is 2. The Balaban J connectivity index is 1.84. The predicted molar refractivity (Wildman–Crippen MR) is 109 cm³/mol. The van der Waals surface area contributed by atoms with Crippen molar-refractivity contribution < 1.29 is 14.6 Å². The van der Waals surface area contributed by atoms with E-state index >= 15 is 0 Å². The molecule has 4 aromatic rings. The number of pyridine rings is 1. The van der Waals surface area contributed by atoms with E-state index in [4.69, 9.17) is 11.6 Å². The first-order valence-electron chi connectivity index (χ1n) is 8.72. The lowest BCUT2D eigenvalue weighted by Crippen LogP contribution is -2.07. The van der Waals surface area contributed by atoms with Gasteiger partial charge in [-0.2, -0.15) is 5.10 Å². The van der Waals surface area contributed by atoms with Gasteiger partial charge in [-0.25, -0.2) is 14.1 Å². The van der Waals surface area contributed by atoms with E-state index in [1.165, 1.54) is 18.3 Å². The largest absolute Gasteiger partial charge is 0.364 e. The Bertz CT molecular complexity index is 1150. The second-order valence-electron chi connectivity index (χ2n) is 6.22. The molecule has 2 heterocycles. The van der Waals surface area contributed by atoms with Crippen molar-refractivity contribution >= 4 is 23.2 Å². The maximum absolute atomic E-state index is 13.3. The van der Waals surface area contributed by atoms with E-state index < -0.39 is 6.29 Å². The molecule has 6 nitrogen and oxygen atoms in total. The SMILES string of the molecule is OC(O)c1cccnc1Nc1cc(-c2ccc(F)cc2)nn1-c1ccccc1Cl. The van der Waals surface area contributed by atoms with Gasteiger partial charge in [-0.3, -0.25) is 0 Å². The van der Waals surface area contributed by atoms with Gasteiger partial charge >= 0.3 is 0 Å². The van der Waals surface area contributed by atoms with Crippen LogP contribution in [0.4, 0.5) is 16.0 Å². The van der Waals surface area contributed by atoms with Crippen LogP contribution in [0.5, 0.6) is 0 Å². The molecule has 2 aromatic carbocycles. The molecule has 2 aromatic heterocycles. The normalized spacial score (nSPS) is 11.1. The number of anilines is 2. The summed E-state index contributed by atoms with van der Waals surface area (Å²) in [7, 11) is 0. The Kier molecular flexibility index (Phi) is 5.26. The van der Waals surface area contributed by atoms with Crippen molar-refractivity contribution in [1.82, 2.24) is 14.8 Å². The summed E-state index contributed by atoms with van der Waals surface area (Å²) < 4.78 is 14.9. The molecular formula is C21H16ClFN4O2. The van der Waals surface area contributed by atoms with Crippen LogP contribution in [0.3, 0.4) is 0 Å². The van der Waals surface area contributed by atoms with Crippen LogP contribution in [0.2, 0.25) is 5.02 Å². The van der Waals surface area contributed by atoms with E-state index in [1.54, 1.807) is 47.1 Å². The molecule has 0 bridgehead atoms. The number of nitrogens with one attached hydrogen (secondary N) is 1. The summed E-state index contributed by atoms with van der Waals surface area (Å²) in [6.45, 7) is 0. The van der Waals surface area contributed by atoms with Crippen LogP contribution in [0.15, 0.2) is 72.9 Å². The van der Waals surface area contributed by atoms with Gasteiger partial charge in [0.1, 0.15) is 17.5 Å². The number of rotatable bonds is 5. The van der Waals surface area contributed by atoms with E-state index in [2.05, 4.69) is 15.4 Å². The summed E-state index contributed by atoms with van der Waals surface area (Å²) in [6, 6.07) is 18.1. The number of nitrogens with zero attached hydrogens (tertiary/aromatic N) is 3. The Hall–Kier alpha value is -3.26. The number of aliphatic hydroxyl groups is 2. The maximum atomic E-state index is 13.3. The molecular weight excluding hydrogens is 395 g/mol. The number of aliphatic hydroxyl groups excluding tert-OH is 1. The van der Waals surface area contributed by atoms with Crippen molar-refractivity contribution in [2.75, 3.05) is 5.32 Å². The first kappa shape index (κ1) is 19.1. The summed E-state index contributed by atoms with van der Waals surface area (Å²) in [5.41, 5.74) is 2.12. The first-order valence-corrected chi connectivity index (χ1v) is 9.10. The van der Waals surface area contributed by atoms with Crippen molar-refractivity contribution in [1.29, 1.82) is 0 Å². The summed E-state index contributed by atoms with van der Waals surface area (Å²) in [4.78, 5) is 4.19. The molecule has 0 aliphatic heterocycles. The van der Waals surface area contributed by atoms with E-state index in [-0.39, 0.29) is 17.2 Å². The standard InChI is InChI=1S/C21H16ClFN4O2/c22-16-5-1-2-6-18(16)27-19(25-20-15(21(28)29)4-3-11-24-20)12-17(26-27)13-7-9-14(23)10-8-13/h1-12,21,28-29H,(H,24,25). The summed E-state index contributed by atoms with van der Waals surface area (Å²) >= 11 is 6.36. The van der Waals surface area contributed by atoms with Crippen molar-refractivity contribution in [3.8, 4) is 16.9 Å². The third-order valence-corrected chi connectivity index (χ3v) is 4.61. The van der Waals surface area contributed by atoms with Gasteiger partial charge in [-0.15, -0.1) is 0 Å². The molecule has 0 aliphatic rings. The van der Waals surface area contributed by atoms with E-state index in [9.17, 15) is 14.6 Å². The topological polar surface area (TPSA) is 83.2 Å². The van der Waals surface area contributed by atoms with Gasteiger partial charge in [0.15, 0.2) is 6.29 Å². The van der Waals surface area contributed by atoms with Gasteiger partial charge in [0.05, 0.1) is 22.0 Å². The van der Waals surface area contributed by atoms with Crippen LogP contribution < -0.4 is 5.32 Å². The molecule has 0 saturated carbocycles. The highest BCUT2D eigenvalue weighted by Gasteiger charge is 2.17. The zero-order valence-corrected chi connectivity index (χ0v) is 15.8. The lowest BCUT2D eigenvalue weighted by molar-refractivity contribution is -0.0420. The van der Waals surface area contributed by atoms with Crippen molar-refractivity contribution in [3.63, 3.8) is 0 Å². The fraction of sp³-hybridized carbons (Fsp3) is 0.0476. The highest BCUT2D eigenvalue weighted by molar-refractivity contribution is 6.32. The monoisotopic (exact) mass is 410 g/mol. The Morgan fingerprint density at radius 3 is 2.48 bits per heavy atom. The van der Waals surface area contributed by atoms with Crippen LogP contribution in [0.25, 0.3) is 16.9 Å². The Morgan fingerprint density at radius 2 is 1.76 bits per heavy atom. The average molecular weight is 411 g/mol. The third kappa shape index (κ3) is 3.97. The van der Waals surface area contributed by atoms with Crippen LogP contribution in [-0.2, 0) is 0 Å². The van der Waals surface area contributed by atoms with Gasteiger partial charge in [0.25, 0.3) is 0 Å². The molecule has 4 rings (SSSR count). The Morgan fingerprint density at radius 1 is 1.00 bits per heavy atom. The van der Waals surface area contributed by atoms with E-state index in [0.29, 0.717) is 27.8 Å². The van der Waals surface area contributed by atoms with Crippen LogP contribution in [0, 0.1) is 5.82 Å². The van der Waals surface area contributed by atoms with Gasteiger partial charge in [0, 0.05) is 17.8 Å². The second kappa shape index (κ2) is 8.00. The van der Waals surface area contributed by atoms with Crippen LogP contribution in [-0.4, -0.2) is 25.0 Å². The van der Waals surface area contributed by atoms with Crippen LogP contribution in [0.1, 0.15) is 11.9 Å². The number of hydrogen-bond donors (Lipinski definition) is 3. The minimum absolute atomic E-state index is 0.211. The Labute approximate surface area is 170 Å². The molecule has 146 valence electrons. The molecule has 3 N–H and O–H groups in total. The van der Waals surface area contributed by atoms with Gasteiger partial charge in [-0.1, -0.05) is 23.7 Å². The predicted octanol–water partition coefficient (Wildman–Crippen LogP) is 4.45. The summed E-state index contributed by atoms with van der Waals surface area (Å²) in [5.74, 6) is 0.423. The number of para-hydroxylation sites is 1. The van der Waals surface area contributed by atoms with Crippen molar-refractivity contribution in [2.45, 2.75) is 6.29 Å². The minimum Gasteiger partial charge on any atom is -0.364 e. The zero-order valence-electron chi connectivity index (χ0n) is 15.0. The summed E-state index contributed by atoms with van der Waals surface area (Å²) in [6.07, 6.45) is -0.162. The lowest BCUT2D eigenvalue weighted by atomic mass is 10.1. The molecule has 0 fully saturated rings.